The number of amides is 1. The fourth-order valence-electron chi connectivity index (χ4n) is 3.79. The Balaban J connectivity index is 1.44. The summed E-state index contributed by atoms with van der Waals surface area (Å²) in [4.78, 5) is 14.6. The van der Waals surface area contributed by atoms with Gasteiger partial charge in [-0.3, -0.25) is 14.0 Å². The van der Waals surface area contributed by atoms with Crippen LogP contribution in [0, 0.1) is 6.92 Å². The molecule has 142 valence electrons. The fraction of sp³-hybridized carbons (Fsp3) is 0.350. The maximum Gasteiger partial charge on any atom is 0.238 e. The van der Waals surface area contributed by atoms with Crippen LogP contribution in [0.4, 0.5) is 11.4 Å². The van der Waals surface area contributed by atoms with E-state index in [4.69, 9.17) is 0 Å². The molecule has 1 fully saturated rings. The molecule has 2 aliphatic heterocycles. The molecular formula is C20H23N3O3S. The average Bonchev–Trinajstić information content (AvgIpc) is 3.18. The predicted octanol–water partition coefficient (Wildman–Crippen LogP) is 2.49. The summed E-state index contributed by atoms with van der Waals surface area (Å²) in [6, 6.07) is 13.6. The van der Waals surface area contributed by atoms with Gasteiger partial charge in [-0.2, -0.15) is 0 Å². The molecule has 4 rings (SSSR count). The summed E-state index contributed by atoms with van der Waals surface area (Å²) >= 11 is 0. The van der Waals surface area contributed by atoms with Crippen LogP contribution in [0.5, 0.6) is 0 Å². The van der Waals surface area contributed by atoms with Gasteiger partial charge < -0.3 is 5.32 Å². The minimum absolute atomic E-state index is 0.0955. The lowest BCUT2D eigenvalue weighted by Gasteiger charge is -2.21. The predicted molar refractivity (Wildman–Crippen MR) is 106 cm³/mol. The van der Waals surface area contributed by atoms with Crippen LogP contribution < -0.4 is 9.62 Å². The molecule has 0 bridgehead atoms. The lowest BCUT2D eigenvalue weighted by atomic mass is 10.1. The van der Waals surface area contributed by atoms with E-state index < -0.39 is 10.0 Å². The van der Waals surface area contributed by atoms with Crippen LogP contribution in [0.2, 0.25) is 0 Å². The zero-order valence-corrected chi connectivity index (χ0v) is 16.1. The standard InChI is InChI=1S/C20H23N3O3S/c1-15-7-8-18(11-19(15)23-9-4-10-27(23,25)26)21-20(24)14-22-12-16-5-2-3-6-17(16)13-22/h2-3,5-8,11H,4,9-10,12-14H2,1H3,(H,21,24). The molecule has 0 saturated carbocycles. The van der Waals surface area contributed by atoms with Crippen molar-refractivity contribution in [3.8, 4) is 0 Å². The normalized spacial score (nSPS) is 18.5. The molecule has 0 spiro atoms. The van der Waals surface area contributed by atoms with Gasteiger partial charge in [0, 0.05) is 25.3 Å². The van der Waals surface area contributed by atoms with Gasteiger partial charge >= 0.3 is 0 Å². The second kappa shape index (κ2) is 6.98. The van der Waals surface area contributed by atoms with Crippen LogP contribution >= 0.6 is 0 Å². The second-order valence-corrected chi connectivity index (χ2v) is 9.22. The molecular weight excluding hydrogens is 362 g/mol. The molecule has 0 aromatic heterocycles. The van der Waals surface area contributed by atoms with Crippen LogP contribution in [-0.4, -0.2) is 38.1 Å². The van der Waals surface area contributed by atoms with Gasteiger partial charge in [0.2, 0.25) is 15.9 Å². The van der Waals surface area contributed by atoms with Crippen LogP contribution in [0.25, 0.3) is 0 Å². The number of nitrogens with one attached hydrogen (secondary N) is 1. The lowest BCUT2D eigenvalue weighted by molar-refractivity contribution is -0.117. The van der Waals surface area contributed by atoms with Crippen molar-refractivity contribution in [1.82, 2.24) is 4.90 Å². The Kier molecular flexibility index (Phi) is 4.65. The third-order valence-electron chi connectivity index (χ3n) is 5.13. The smallest absolute Gasteiger partial charge is 0.238 e. The number of carbonyl (C=O) groups is 1. The summed E-state index contributed by atoms with van der Waals surface area (Å²) in [5, 5.41) is 2.91. The number of anilines is 2. The largest absolute Gasteiger partial charge is 0.325 e. The van der Waals surface area contributed by atoms with Crippen molar-refractivity contribution in [3.63, 3.8) is 0 Å². The van der Waals surface area contributed by atoms with Crippen LogP contribution in [0.1, 0.15) is 23.1 Å². The summed E-state index contributed by atoms with van der Waals surface area (Å²) < 4.78 is 25.9. The van der Waals surface area contributed by atoms with E-state index in [0.29, 0.717) is 30.9 Å². The third-order valence-corrected chi connectivity index (χ3v) is 6.99. The number of nitrogens with zero attached hydrogens (tertiary/aromatic N) is 2. The summed E-state index contributed by atoms with van der Waals surface area (Å²) in [6.45, 7) is 4.23. The summed E-state index contributed by atoms with van der Waals surface area (Å²) in [7, 11) is -3.24. The van der Waals surface area contributed by atoms with Crippen molar-refractivity contribution in [2.24, 2.45) is 0 Å². The van der Waals surface area contributed by atoms with Crippen molar-refractivity contribution >= 4 is 27.3 Å². The number of sulfonamides is 1. The highest BCUT2D eigenvalue weighted by Gasteiger charge is 2.29. The lowest BCUT2D eigenvalue weighted by Crippen LogP contribution is -2.29. The number of rotatable bonds is 4. The topological polar surface area (TPSA) is 69.7 Å². The van der Waals surface area contributed by atoms with Gasteiger partial charge in [-0.1, -0.05) is 30.3 Å². The van der Waals surface area contributed by atoms with Gasteiger partial charge in [0.05, 0.1) is 18.0 Å². The van der Waals surface area contributed by atoms with Gasteiger partial charge in [-0.15, -0.1) is 0 Å². The number of hydrogen-bond donors (Lipinski definition) is 1. The quantitative estimate of drug-likeness (QED) is 0.878. The molecule has 2 aromatic carbocycles. The molecule has 0 atom stereocenters. The van der Waals surface area contributed by atoms with Crippen molar-refractivity contribution in [3.05, 3.63) is 59.2 Å². The Morgan fingerprint density at radius 3 is 2.44 bits per heavy atom. The number of carbonyl (C=O) groups excluding carboxylic acids is 1. The molecule has 6 nitrogen and oxygen atoms in total. The molecule has 27 heavy (non-hydrogen) atoms. The summed E-state index contributed by atoms with van der Waals surface area (Å²) in [5.74, 6) is 0.0836. The van der Waals surface area contributed by atoms with E-state index in [9.17, 15) is 13.2 Å². The molecule has 2 heterocycles. The summed E-state index contributed by atoms with van der Waals surface area (Å²) in [5.41, 5.74) is 4.69. The van der Waals surface area contributed by atoms with E-state index in [2.05, 4.69) is 22.3 Å². The molecule has 1 amide bonds. The van der Waals surface area contributed by atoms with Crippen LogP contribution in [0.3, 0.4) is 0 Å². The van der Waals surface area contributed by atoms with Gasteiger partial charge in [-0.05, 0) is 42.2 Å². The number of fused-ring (bicyclic) bond motifs is 1. The van der Waals surface area contributed by atoms with Crippen molar-refractivity contribution < 1.29 is 13.2 Å². The molecule has 0 unspecified atom stereocenters. The first-order chi connectivity index (χ1) is 12.9. The zero-order chi connectivity index (χ0) is 19.0. The third kappa shape index (κ3) is 3.70. The van der Waals surface area contributed by atoms with Gasteiger partial charge in [0.1, 0.15) is 0 Å². The summed E-state index contributed by atoms with van der Waals surface area (Å²) in [6.07, 6.45) is 0.633. The second-order valence-electron chi connectivity index (χ2n) is 7.21. The first-order valence-electron chi connectivity index (χ1n) is 9.12. The minimum atomic E-state index is -3.24. The molecule has 0 aliphatic carbocycles. The van der Waals surface area contributed by atoms with E-state index in [1.165, 1.54) is 15.4 Å². The SMILES string of the molecule is Cc1ccc(NC(=O)CN2Cc3ccccc3C2)cc1N1CCCS1(=O)=O. The fourth-order valence-corrected chi connectivity index (χ4v) is 5.40. The van der Waals surface area contributed by atoms with E-state index in [0.717, 1.165) is 18.7 Å². The molecule has 7 heteroatoms. The Morgan fingerprint density at radius 2 is 1.81 bits per heavy atom. The molecule has 2 aromatic rings. The highest BCUT2D eigenvalue weighted by molar-refractivity contribution is 7.93. The van der Waals surface area contributed by atoms with Gasteiger partial charge in [-0.25, -0.2) is 8.42 Å². The van der Waals surface area contributed by atoms with Crippen molar-refractivity contribution in [2.75, 3.05) is 28.5 Å². The van der Waals surface area contributed by atoms with E-state index in [1.807, 2.05) is 31.2 Å². The average molecular weight is 385 g/mol. The van der Waals surface area contributed by atoms with Crippen LogP contribution in [-0.2, 0) is 27.9 Å². The zero-order valence-electron chi connectivity index (χ0n) is 15.3. The Labute approximate surface area is 159 Å². The van der Waals surface area contributed by atoms with E-state index >= 15 is 0 Å². The number of hydrogen-bond acceptors (Lipinski definition) is 4. The Bertz CT molecular complexity index is 963. The molecule has 0 radical (unpaired) electrons. The molecule has 1 N–H and O–H groups in total. The maximum atomic E-state index is 12.5. The Morgan fingerprint density at radius 1 is 1.11 bits per heavy atom. The van der Waals surface area contributed by atoms with E-state index in [1.54, 1.807) is 6.07 Å². The maximum absolute atomic E-state index is 12.5. The number of aryl methyl sites for hydroxylation is 1. The first-order valence-corrected chi connectivity index (χ1v) is 10.7. The van der Waals surface area contributed by atoms with E-state index in [-0.39, 0.29) is 11.7 Å². The monoisotopic (exact) mass is 385 g/mol. The first kappa shape index (κ1) is 18.0. The van der Waals surface area contributed by atoms with Gasteiger partial charge in [0.15, 0.2) is 0 Å². The highest BCUT2D eigenvalue weighted by atomic mass is 32.2. The van der Waals surface area contributed by atoms with Crippen LogP contribution in [0.15, 0.2) is 42.5 Å². The minimum Gasteiger partial charge on any atom is -0.325 e. The molecule has 1 saturated heterocycles. The highest BCUT2D eigenvalue weighted by Crippen LogP contribution is 2.30. The van der Waals surface area contributed by atoms with Crippen molar-refractivity contribution in [1.29, 1.82) is 0 Å². The Hall–Kier alpha value is -2.38. The number of benzene rings is 2. The molecule has 2 aliphatic rings. The van der Waals surface area contributed by atoms with Crippen molar-refractivity contribution in [2.45, 2.75) is 26.4 Å². The van der Waals surface area contributed by atoms with Gasteiger partial charge in [0.25, 0.3) is 0 Å².